The van der Waals surface area contributed by atoms with E-state index >= 15 is 0 Å². The molecule has 1 rings (SSSR count). The van der Waals surface area contributed by atoms with E-state index in [2.05, 4.69) is 10.3 Å². The molecule has 0 atom stereocenters. The molecule has 1 aromatic rings. The zero-order valence-corrected chi connectivity index (χ0v) is 9.65. The molecule has 0 spiro atoms. The molecule has 1 aromatic heterocycles. The van der Waals surface area contributed by atoms with Gasteiger partial charge in [-0.1, -0.05) is 6.92 Å². The van der Waals surface area contributed by atoms with E-state index in [1.165, 1.54) is 12.1 Å². The Bertz CT molecular complexity index is 364. The van der Waals surface area contributed by atoms with Crippen molar-refractivity contribution >= 4 is 18.1 Å². The minimum Gasteiger partial charge on any atom is -0.478 e. The predicted octanol–water partition coefficient (Wildman–Crippen LogP) is 1.73. The first kappa shape index (κ1) is 14.1. The van der Waals surface area contributed by atoms with Crippen LogP contribution in [0.3, 0.4) is 0 Å². The third-order valence-corrected chi connectivity index (χ3v) is 1.62. The van der Waals surface area contributed by atoms with Crippen LogP contribution in [0.4, 0.5) is 5.82 Å². The molecule has 0 fully saturated rings. The smallest absolute Gasteiger partial charge is 0.335 e. The van der Waals surface area contributed by atoms with Gasteiger partial charge in [0.2, 0.25) is 0 Å². The number of carbonyl (C=O) groups is 2. The van der Waals surface area contributed by atoms with Crippen molar-refractivity contribution in [1.82, 2.24) is 4.98 Å². The monoisotopic (exact) mass is 224 g/mol. The molecule has 0 aliphatic rings. The van der Waals surface area contributed by atoms with E-state index in [0.29, 0.717) is 17.9 Å². The second-order valence-corrected chi connectivity index (χ2v) is 3.01. The summed E-state index contributed by atoms with van der Waals surface area (Å²) in [6, 6.07) is 3.03. The second kappa shape index (κ2) is 7.39. The summed E-state index contributed by atoms with van der Waals surface area (Å²) in [4.78, 5) is 23.8. The number of aromatic nitrogens is 1. The van der Waals surface area contributed by atoms with Gasteiger partial charge in [-0.2, -0.15) is 0 Å². The molecule has 0 saturated heterocycles. The molecule has 0 bridgehead atoms. The number of aryl methyl sites for hydroxylation is 1. The van der Waals surface area contributed by atoms with Gasteiger partial charge in [0.05, 0.1) is 5.56 Å². The number of rotatable bonds is 3. The Morgan fingerprint density at radius 2 is 2.12 bits per heavy atom. The highest BCUT2D eigenvalue weighted by Crippen LogP contribution is 2.08. The topological polar surface area (TPSA) is 79.3 Å². The predicted molar refractivity (Wildman–Crippen MR) is 61.8 cm³/mol. The Hall–Kier alpha value is -1.91. The molecule has 0 saturated carbocycles. The van der Waals surface area contributed by atoms with Crippen molar-refractivity contribution in [3.63, 3.8) is 0 Å². The number of anilines is 1. The summed E-state index contributed by atoms with van der Waals surface area (Å²) in [7, 11) is 1.70. The fraction of sp³-hybridized carbons (Fsp3) is 0.364. The SMILES string of the molecule is CCC=O.CNc1cc(C(=O)O)cc(C)n1. The quantitative estimate of drug-likeness (QED) is 0.764. The summed E-state index contributed by atoms with van der Waals surface area (Å²) in [5.74, 6) is -0.357. The lowest BCUT2D eigenvalue weighted by Gasteiger charge is -2.01. The van der Waals surface area contributed by atoms with Crippen molar-refractivity contribution in [2.24, 2.45) is 0 Å². The lowest BCUT2D eigenvalue weighted by molar-refractivity contribution is -0.107. The number of carbonyl (C=O) groups excluding carboxylic acids is 1. The van der Waals surface area contributed by atoms with E-state index in [0.717, 1.165) is 6.29 Å². The summed E-state index contributed by atoms with van der Waals surface area (Å²) in [5, 5.41) is 11.5. The molecular weight excluding hydrogens is 208 g/mol. The molecule has 0 radical (unpaired) electrons. The van der Waals surface area contributed by atoms with Crippen LogP contribution in [-0.2, 0) is 4.79 Å². The Kier molecular flexibility index (Phi) is 6.51. The van der Waals surface area contributed by atoms with Crippen LogP contribution in [0, 0.1) is 6.92 Å². The summed E-state index contributed by atoms with van der Waals surface area (Å²) >= 11 is 0. The van der Waals surface area contributed by atoms with Crippen LogP contribution < -0.4 is 5.32 Å². The van der Waals surface area contributed by atoms with Crippen molar-refractivity contribution in [2.45, 2.75) is 20.3 Å². The molecule has 5 heteroatoms. The van der Waals surface area contributed by atoms with Crippen molar-refractivity contribution < 1.29 is 14.7 Å². The van der Waals surface area contributed by atoms with Crippen LogP contribution in [0.2, 0.25) is 0 Å². The average Bonchev–Trinajstić information content (AvgIpc) is 2.28. The van der Waals surface area contributed by atoms with Gasteiger partial charge in [0, 0.05) is 19.2 Å². The standard InChI is InChI=1S/C8H10N2O2.C3H6O/c1-5-3-6(8(11)12)4-7(9-2)10-5;1-2-3-4/h3-4H,1-2H3,(H,9,10)(H,11,12);3H,2H2,1H3. The maximum Gasteiger partial charge on any atom is 0.335 e. The fourth-order valence-corrected chi connectivity index (χ4v) is 0.920. The van der Waals surface area contributed by atoms with E-state index in [9.17, 15) is 9.59 Å². The highest BCUT2D eigenvalue weighted by atomic mass is 16.4. The lowest BCUT2D eigenvalue weighted by Crippen LogP contribution is -2.01. The number of carboxylic acid groups (broad SMARTS) is 1. The third-order valence-electron chi connectivity index (χ3n) is 1.62. The highest BCUT2D eigenvalue weighted by molar-refractivity contribution is 5.88. The summed E-state index contributed by atoms with van der Waals surface area (Å²) < 4.78 is 0. The summed E-state index contributed by atoms with van der Waals surface area (Å²) in [6.07, 6.45) is 1.51. The minimum absolute atomic E-state index is 0.256. The van der Waals surface area contributed by atoms with Gasteiger partial charge in [-0.05, 0) is 19.1 Å². The van der Waals surface area contributed by atoms with Crippen molar-refractivity contribution in [3.8, 4) is 0 Å². The van der Waals surface area contributed by atoms with Crippen LogP contribution >= 0.6 is 0 Å². The molecule has 16 heavy (non-hydrogen) atoms. The van der Waals surface area contributed by atoms with Gasteiger partial charge >= 0.3 is 5.97 Å². The van der Waals surface area contributed by atoms with E-state index in [-0.39, 0.29) is 5.56 Å². The van der Waals surface area contributed by atoms with Gasteiger partial charge in [-0.3, -0.25) is 0 Å². The molecule has 88 valence electrons. The number of nitrogens with zero attached hydrogens (tertiary/aromatic N) is 1. The van der Waals surface area contributed by atoms with Gasteiger partial charge in [-0.25, -0.2) is 9.78 Å². The van der Waals surface area contributed by atoms with Crippen LogP contribution in [0.15, 0.2) is 12.1 Å². The Balaban J connectivity index is 0.000000487. The van der Waals surface area contributed by atoms with Crippen molar-refractivity contribution in [1.29, 1.82) is 0 Å². The lowest BCUT2D eigenvalue weighted by atomic mass is 10.2. The number of pyridine rings is 1. The third kappa shape index (κ3) is 5.09. The van der Waals surface area contributed by atoms with Crippen molar-refractivity contribution in [3.05, 3.63) is 23.4 Å². The van der Waals surface area contributed by atoms with E-state index in [4.69, 9.17) is 5.11 Å². The first-order chi connectivity index (χ1) is 7.54. The van der Waals surface area contributed by atoms with Gasteiger partial charge in [0.15, 0.2) is 0 Å². The molecule has 1 heterocycles. The highest BCUT2D eigenvalue weighted by Gasteiger charge is 2.04. The largest absolute Gasteiger partial charge is 0.478 e. The van der Waals surface area contributed by atoms with Crippen LogP contribution in [0.5, 0.6) is 0 Å². The summed E-state index contributed by atoms with van der Waals surface area (Å²) in [5.41, 5.74) is 0.950. The molecule has 0 aromatic carbocycles. The fourth-order valence-electron chi connectivity index (χ4n) is 0.920. The molecular formula is C11H16N2O3. The van der Waals surface area contributed by atoms with Crippen molar-refractivity contribution in [2.75, 3.05) is 12.4 Å². The minimum atomic E-state index is -0.933. The van der Waals surface area contributed by atoms with Crippen LogP contribution in [0.1, 0.15) is 29.4 Å². The van der Waals surface area contributed by atoms with E-state index in [1.807, 2.05) is 6.92 Å². The van der Waals surface area contributed by atoms with Gasteiger partial charge in [0.25, 0.3) is 0 Å². The Labute approximate surface area is 94.5 Å². The molecule has 5 nitrogen and oxygen atoms in total. The Morgan fingerprint density at radius 1 is 1.56 bits per heavy atom. The number of hydrogen-bond acceptors (Lipinski definition) is 4. The Morgan fingerprint density at radius 3 is 2.50 bits per heavy atom. The average molecular weight is 224 g/mol. The number of carboxylic acids is 1. The van der Waals surface area contributed by atoms with Gasteiger partial charge < -0.3 is 15.2 Å². The maximum absolute atomic E-state index is 10.6. The molecule has 0 unspecified atom stereocenters. The van der Waals surface area contributed by atoms with E-state index < -0.39 is 5.97 Å². The van der Waals surface area contributed by atoms with Crippen LogP contribution in [0.25, 0.3) is 0 Å². The maximum atomic E-state index is 10.6. The normalized spacial score (nSPS) is 8.69. The number of nitrogens with one attached hydrogen (secondary N) is 1. The first-order valence-electron chi connectivity index (χ1n) is 4.88. The molecule has 0 aliphatic carbocycles. The number of aromatic carboxylic acids is 1. The zero-order valence-electron chi connectivity index (χ0n) is 9.65. The zero-order chi connectivity index (χ0) is 12.6. The first-order valence-corrected chi connectivity index (χ1v) is 4.88. The van der Waals surface area contributed by atoms with Gasteiger partial charge in [-0.15, -0.1) is 0 Å². The summed E-state index contributed by atoms with van der Waals surface area (Å²) in [6.45, 7) is 3.57. The van der Waals surface area contributed by atoms with E-state index in [1.54, 1.807) is 14.0 Å². The molecule has 2 N–H and O–H groups in total. The molecule has 0 amide bonds. The number of aldehydes is 1. The second-order valence-electron chi connectivity index (χ2n) is 3.01. The van der Waals surface area contributed by atoms with Gasteiger partial charge in [0.1, 0.15) is 12.1 Å². The molecule has 0 aliphatic heterocycles. The van der Waals surface area contributed by atoms with Crippen LogP contribution in [-0.4, -0.2) is 29.4 Å². The number of hydrogen-bond donors (Lipinski definition) is 2.